The van der Waals surface area contributed by atoms with Crippen molar-refractivity contribution in [2.75, 3.05) is 27.2 Å². The Kier molecular flexibility index (Phi) is 4.63. The van der Waals surface area contributed by atoms with Gasteiger partial charge in [0.15, 0.2) is 0 Å². The summed E-state index contributed by atoms with van der Waals surface area (Å²) in [5.41, 5.74) is -0.716. The summed E-state index contributed by atoms with van der Waals surface area (Å²) < 4.78 is 1.65. The van der Waals surface area contributed by atoms with Gasteiger partial charge in [-0.3, -0.25) is 9.48 Å². The molecule has 21 heavy (non-hydrogen) atoms. The molecule has 118 valence electrons. The van der Waals surface area contributed by atoms with Gasteiger partial charge in [-0.1, -0.05) is 24.9 Å². The number of nitrogens with zero attached hydrogens (tertiary/aromatic N) is 4. The summed E-state index contributed by atoms with van der Waals surface area (Å²) in [7, 11) is 4.17. The van der Waals surface area contributed by atoms with Gasteiger partial charge in [0.05, 0.1) is 11.2 Å². The number of carbonyl (C=O) groups is 1. The van der Waals surface area contributed by atoms with Crippen molar-refractivity contribution in [1.82, 2.24) is 19.6 Å². The standard InChI is InChI=1S/C15H25ClN4O/c1-6-11-8-19(10-13(11)18(4)5)14(21)15(2,3)20-9-12(16)7-17-20/h7,9,11,13H,6,8,10H2,1-5H3/t11-,13+/m0/s1. The Morgan fingerprint density at radius 2 is 2.14 bits per heavy atom. The number of hydrogen-bond acceptors (Lipinski definition) is 3. The molecule has 1 aromatic heterocycles. The quantitative estimate of drug-likeness (QED) is 0.854. The molecule has 2 heterocycles. The zero-order valence-corrected chi connectivity index (χ0v) is 14.3. The molecule has 5 nitrogen and oxygen atoms in total. The lowest BCUT2D eigenvalue weighted by Gasteiger charge is -2.30. The van der Waals surface area contributed by atoms with Gasteiger partial charge < -0.3 is 9.80 Å². The number of rotatable bonds is 4. The van der Waals surface area contributed by atoms with Crippen LogP contribution in [0.2, 0.25) is 5.02 Å². The third-order valence-electron chi connectivity index (χ3n) is 4.53. The van der Waals surface area contributed by atoms with Crippen LogP contribution in [0.5, 0.6) is 0 Å². The molecule has 0 bridgehead atoms. The molecule has 2 rings (SSSR count). The Bertz CT molecular complexity index is 512. The second-order valence-corrected chi connectivity index (χ2v) is 7.01. The minimum atomic E-state index is -0.716. The van der Waals surface area contributed by atoms with Gasteiger partial charge in [0.2, 0.25) is 5.91 Å². The van der Waals surface area contributed by atoms with E-state index < -0.39 is 5.54 Å². The molecule has 1 amide bonds. The molecule has 0 aromatic carbocycles. The first-order valence-corrected chi connectivity index (χ1v) is 7.81. The summed E-state index contributed by atoms with van der Waals surface area (Å²) in [6.45, 7) is 7.57. The lowest BCUT2D eigenvalue weighted by Crippen LogP contribution is -2.47. The van der Waals surface area contributed by atoms with Crippen LogP contribution in [0.1, 0.15) is 27.2 Å². The van der Waals surface area contributed by atoms with Crippen LogP contribution in [0.3, 0.4) is 0 Å². The fraction of sp³-hybridized carbons (Fsp3) is 0.733. The highest BCUT2D eigenvalue weighted by molar-refractivity contribution is 6.30. The first-order chi connectivity index (χ1) is 9.77. The Morgan fingerprint density at radius 3 is 2.57 bits per heavy atom. The van der Waals surface area contributed by atoms with Gasteiger partial charge in [-0.25, -0.2) is 0 Å². The van der Waals surface area contributed by atoms with Crippen LogP contribution < -0.4 is 0 Å². The molecule has 0 saturated carbocycles. The van der Waals surface area contributed by atoms with Crippen molar-refractivity contribution in [3.05, 3.63) is 17.4 Å². The monoisotopic (exact) mass is 312 g/mol. The van der Waals surface area contributed by atoms with E-state index in [2.05, 4.69) is 31.0 Å². The number of carbonyl (C=O) groups excluding carboxylic acids is 1. The number of likely N-dealkylation sites (N-methyl/N-ethyl adjacent to an activating group) is 1. The summed E-state index contributed by atoms with van der Waals surface area (Å²) in [5, 5.41) is 4.75. The zero-order valence-electron chi connectivity index (χ0n) is 13.5. The average Bonchev–Trinajstić information content (AvgIpc) is 3.03. The molecule has 2 atom stereocenters. The van der Waals surface area contributed by atoms with Crippen molar-refractivity contribution in [3.63, 3.8) is 0 Å². The summed E-state index contributed by atoms with van der Waals surface area (Å²) in [6, 6.07) is 0.427. The van der Waals surface area contributed by atoms with Crippen LogP contribution in [0.15, 0.2) is 12.4 Å². The molecule has 1 aliphatic heterocycles. The van der Waals surface area contributed by atoms with Crippen molar-refractivity contribution in [2.24, 2.45) is 5.92 Å². The molecule has 1 aliphatic rings. The number of halogens is 1. The van der Waals surface area contributed by atoms with E-state index in [0.29, 0.717) is 17.0 Å². The van der Waals surface area contributed by atoms with Crippen LogP contribution in [-0.4, -0.2) is 58.7 Å². The average molecular weight is 313 g/mol. The molecule has 0 radical (unpaired) electrons. The van der Waals surface area contributed by atoms with E-state index >= 15 is 0 Å². The van der Waals surface area contributed by atoms with Gasteiger partial charge in [-0.15, -0.1) is 0 Å². The van der Waals surface area contributed by atoms with Gasteiger partial charge in [-0.2, -0.15) is 5.10 Å². The number of amides is 1. The summed E-state index contributed by atoms with van der Waals surface area (Å²) in [4.78, 5) is 17.1. The maximum atomic E-state index is 12.9. The second-order valence-electron chi connectivity index (χ2n) is 6.57. The number of likely N-dealkylation sites (tertiary alicyclic amines) is 1. The largest absolute Gasteiger partial charge is 0.339 e. The maximum Gasteiger partial charge on any atom is 0.250 e. The minimum absolute atomic E-state index is 0.102. The first kappa shape index (κ1) is 16.3. The van der Waals surface area contributed by atoms with Gasteiger partial charge in [0.1, 0.15) is 5.54 Å². The van der Waals surface area contributed by atoms with Crippen molar-refractivity contribution in [3.8, 4) is 0 Å². The van der Waals surface area contributed by atoms with Crippen LogP contribution in [0.4, 0.5) is 0 Å². The van der Waals surface area contributed by atoms with E-state index in [1.165, 1.54) is 0 Å². The highest BCUT2D eigenvalue weighted by Crippen LogP contribution is 2.28. The lowest BCUT2D eigenvalue weighted by molar-refractivity contribution is -0.138. The molecular formula is C15H25ClN4O. The smallest absolute Gasteiger partial charge is 0.250 e. The minimum Gasteiger partial charge on any atom is -0.339 e. The summed E-state index contributed by atoms with van der Waals surface area (Å²) in [6.07, 6.45) is 4.36. The topological polar surface area (TPSA) is 41.4 Å². The molecule has 6 heteroatoms. The van der Waals surface area contributed by atoms with Crippen LogP contribution >= 0.6 is 11.6 Å². The Morgan fingerprint density at radius 1 is 1.48 bits per heavy atom. The molecule has 1 aromatic rings. The van der Waals surface area contributed by atoms with Crippen LogP contribution in [-0.2, 0) is 10.3 Å². The molecule has 0 spiro atoms. The van der Waals surface area contributed by atoms with Crippen LogP contribution in [0.25, 0.3) is 0 Å². The fourth-order valence-corrected chi connectivity index (χ4v) is 3.23. The summed E-state index contributed by atoms with van der Waals surface area (Å²) >= 11 is 5.93. The van der Waals surface area contributed by atoms with Gasteiger partial charge >= 0.3 is 0 Å². The maximum absolute atomic E-state index is 12.9. The van der Waals surface area contributed by atoms with E-state index in [1.54, 1.807) is 17.1 Å². The number of aromatic nitrogens is 2. The first-order valence-electron chi connectivity index (χ1n) is 7.43. The van der Waals surface area contributed by atoms with Crippen LogP contribution in [0, 0.1) is 5.92 Å². The van der Waals surface area contributed by atoms with E-state index in [-0.39, 0.29) is 5.91 Å². The number of hydrogen-bond donors (Lipinski definition) is 0. The normalized spacial score (nSPS) is 23.1. The van der Waals surface area contributed by atoms with Gasteiger partial charge in [0, 0.05) is 25.3 Å². The lowest BCUT2D eigenvalue weighted by atomic mass is 10.0. The predicted octanol–water partition coefficient (Wildman–Crippen LogP) is 2.07. The highest BCUT2D eigenvalue weighted by Gasteiger charge is 2.41. The Hall–Kier alpha value is -1.07. The van der Waals surface area contributed by atoms with Crippen molar-refractivity contribution >= 4 is 17.5 Å². The molecule has 1 fully saturated rings. The third-order valence-corrected chi connectivity index (χ3v) is 4.72. The van der Waals surface area contributed by atoms with Crippen molar-refractivity contribution in [1.29, 1.82) is 0 Å². The van der Waals surface area contributed by atoms with E-state index in [1.807, 2.05) is 18.7 Å². The fourth-order valence-electron chi connectivity index (χ4n) is 3.10. The molecule has 0 aliphatic carbocycles. The van der Waals surface area contributed by atoms with E-state index in [4.69, 9.17) is 11.6 Å². The Labute approximate surface area is 131 Å². The second kappa shape index (κ2) is 5.97. The molecular weight excluding hydrogens is 288 g/mol. The predicted molar refractivity (Wildman–Crippen MR) is 84.4 cm³/mol. The van der Waals surface area contributed by atoms with Gasteiger partial charge in [-0.05, 0) is 33.9 Å². The Balaban J connectivity index is 2.17. The highest BCUT2D eigenvalue weighted by atomic mass is 35.5. The van der Waals surface area contributed by atoms with Crippen molar-refractivity contribution in [2.45, 2.75) is 38.8 Å². The third kappa shape index (κ3) is 3.09. The van der Waals surface area contributed by atoms with Crippen molar-refractivity contribution < 1.29 is 4.79 Å². The summed E-state index contributed by atoms with van der Waals surface area (Å²) in [5.74, 6) is 0.631. The molecule has 1 saturated heterocycles. The zero-order chi connectivity index (χ0) is 15.8. The molecule has 0 N–H and O–H groups in total. The molecule has 0 unspecified atom stereocenters. The van der Waals surface area contributed by atoms with E-state index in [9.17, 15) is 4.79 Å². The van der Waals surface area contributed by atoms with Gasteiger partial charge in [0.25, 0.3) is 0 Å². The van der Waals surface area contributed by atoms with E-state index in [0.717, 1.165) is 19.5 Å². The SMILES string of the molecule is CC[C@H]1CN(C(=O)C(C)(C)n2cc(Cl)cn2)C[C@H]1N(C)C.